The molecule has 0 bridgehead atoms. The molecule has 1 aromatic rings. The molecular weight excluding hydrogens is 164 g/mol. The van der Waals surface area contributed by atoms with Gasteiger partial charge in [-0.05, 0) is 18.4 Å². The summed E-state index contributed by atoms with van der Waals surface area (Å²) in [6, 6.07) is 5.11. The predicted molar refractivity (Wildman–Crippen MR) is 53.1 cm³/mol. The maximum absolute atomic E-state index is 9.54. The number of aromatic hydroxyl groups is 2. The number of rotatable bonds is 3. The Morgan fingerprint density at radius 3 is 2.62 bits per heavy atom. The van der Waals surface area contributed by atoms with Crippen LogP contribution in [0.25, 0.3) is 0 Å². The fraction of sp³-hybridized carbons (Fsp3) is 0.455. The Balaban J connectivity index is 2.93. The van der Waals surface area contributed by atoms with Crippen LogP contribution in [0.5, 0.6) is 11.5 Å². The molecule has 0 heterocycles. The van der Waals surface area contributed by atoms with Crippen LogP contribution >= 0.6 is 0 Å². The number of phenolic OH excluding ortho intramolecular Hbond substituents is 2. The van der Waals surface area contributed by atoms with Crippen LogP contribution in [0.3, 0.4) is 0 Å². The average Bonchev–Trinajstić information content (AvgIpc) is 2.10. The van der Waals surface area contributed by atoms with Gasteiger partial charge in [0.2, 0.25) is 0 Å². The molecule has 2 N–H and O–H groups in total. The predicted octanol–water partition coefficient (Wildman–Crippen LogP) is 3.00. The fourth-order valence-corrected chi connectivity index (χ4v) is 1.53. The minimum atomic E-state index is -0.0274. The van der Waals surface area contributed by atoms with E-state index in [0.29, 0.717) is 5.92 Å². The smallest absolute Gasteiger partial charge is 0.160 e. The number of phenols is 2. The summed E-state index contributed by atoms with van der Waals surface area (Å²) in [6.07, 6.45) is 2.10. The van der Waals surface area contributed by atoms with E-state index in [2.05, 4.69) is 13.8 Å². The van der Waals surface area contributed by atoms with E-state index in [1.807, 2.05) is 6.07 Å². The van der Waals surface area contributed by atoms with Gasteiger partial charge in [-0.15, -0.1) is 0 Å². The molecule has 1 unspecified atom stereocenters. The quantitative estimate of drug-likeness (QED) is 0.702. The van der Waals surface area contributed by atoms with Crippen molar-refractivity contribution in [3.8, 4) is 11.5 Å². The van der Waals surface area contributed by atoms with Crippen molar-refractivity contribution in [1.82, 2.24) is 0 Å². The minimum Gasteiger partial charge on any atom is -0.504 e. The Morgan fingerprint density at radius 1 is 1.31 bits per heavy atom. The SMILES string of the molecule is CCCC(C)c1cccc(O)c1O. The van der Waals surface area contributed by atoms with Crippen molar-refractivity contribution in [2.75, 3.05) is 0 Å². The van der Waals surface area contributed by atoms with Crippen LogP contribution < -0.4 is 0 Å². The van der Waals surface area contributed by atoms with Crippen molar-refractivity contribution < 1.29 is 10.2 Å². The third-order valence-corrected chi connectivity index (χ3v) is 2.30. The van der Waals surface area contributed by atoms with Crippen LogP contribution in [0, 0.1) is 0 Å². The molecule has 1 atom stereocenters. The summed E-state index contributed by atoms with van der Waals surface area (Å²) in [5.74, 6) is 0.306. The monoisotopic (exact) mass is 180 g/mol. The molecular formula is C11H16O2. The van der Waals surface area contributed by atoms with Crippen molar-refractivity contribution in [1.29, 1.82) is 0 Å². The molecule has 2 nitrogen and oxygen atoms in total. The number of hydrogen-bond donors (Lipinski definition) is 2. The van der Waals surface area contributed by atoms with E-state index in [9.17, 15) is 10.2 Å². The van der Waals surface area contributed by atoms with Crippen LogP contribution in [0.15, 0.2) is 18.2 Å². The standard InChI is InChI=1S/C11H16O2/c1-3-5-8(2)9-6-4-7-10(12)11(9)13/h4,6-8,12-13H,3,5H2,1-2H3. The van der Waals surface area contributed by atoms with Crippen molar-refractivity contribution >= 4 is 0 Å². The third-order valence-electron chi connectivity index (χ3n) is 2.30. The Hall–Kier alpha value is -1.18. The third kappa shape index (κ3) is 2.14. The summed E-state index contributed by atoms with van der Waals surface area (Å²) >= 11 is 0. The molecule has 0 spiro atoms. The van der Waals surface area contributed by atoms with Gasteiger partial charge in [0.05, 0.1) is 0 Å². The maximum Gasteiger partial charge on any atom is 0.160 e. The van der Waals surface area contributed by atoms with Crippen molar-refractivity contribution in [3.05, 3.63) is 23.8 Å². The summed E-state index contributed by atoms with van der Waals surface area (Å²) in [4.78, 5) is 0. The highest BCUT2D eigenvalue weighted by molar-refractivity contribution is 5.45. The Kier molecular flexibility index (Phi) is 3.18. The van der Waals surface area contributed by atoms with Gasteiger partial charge >= 0.3 is 0 Å². The Labute approximate surface area is 78.8 Å². The van der Waals surface area contributed by atoms with Crippen LogP contribution in [0.4, 0.5) is 0 Å². The Morgan fingerprint density at radius 2 is 2.00 bits per heavy atom. The van der Waals surface area contributed by atoms with E-state index in [1.165, 1.54) is 6.07 Å². The van der Waals surface area contributed by atoms with E-state index in [1.54, 1.807) is 6.07 Å². The topological polar surface area (TPSA) is 40.5 Å². The zero-order valence-electron chi connectivity index (χ0n) is 8.12. The number of para-hydroxylation sites is 1. The van der Waals surface area contributed by atoms with E-state index in [-0.39, 0.29) is 11.5 Å². The first-order valence-electron chi connectivity index (χ1n) is 4.67. The molecule has 0 amide bonds. The molecule has 1 aromatic carbocycles. The van der Waals surface area contributed by atoms with Gasteiger partial charge in [0.15, 0.2) is 11.5 Å². The molecule has 1 rings (SSSR count). The van der Waals surface area contributed by atoms with E-state index in [4.69, 9.17) is 0 Å². The van der Waals surface area contributed by atoms with Crippen molar-refractivity contribution in [2.45, 2.75) is 32.6 Å². The summed E-state index contributed by atoms with van der Waals surface area (Å²) < 4.78 is 0. The highest BCUT2D eigenvalue weighted by atomic mass is 16.3. The van der Waals surface area contributed by atoms with Gasteiger partial charge in [-0.1, -0.05) is 32.4 Å². The Bertz CT molecular complexity index is 281. The molecule has 0 aliphatic carbocycles. The molecule has 2 heteroatoms. The van der Waals surface area contributed by atoms with Crippen LogP contribution in [-0.2, 0) is 0 Å². The van der Waals surface area contributed by atoms with E-state index < -0.39 is 0 Å². The lowest BCUT2D eigenvalue weighted by Gasteiger charge is -2.12. The highest BCUT2D eigenvalue weighted by Crippen LogP contribution is 2.34. The second kappa shape index (κ2) is 4.17. The van der Waals surface area contributed by atoms with E-state index >= 15 is 0 Å². The molecule has 72 valence electrons. The molecule has 0 aliphatic rings. The molecule has 0 saturated heterocycles. The number of benzene rings is 1. The molecule has 0 aromatic heterocycles. The summed E-state index contributed by atoms with van der Waals surface area (Å²) in [7, 11) is 0. The van der Waals surface area contributed by atoms with Gasteiger partial charge < -0.3 is 10.2 Å². The van der Waals surface area contributed by atoms with Crippen molar-refractivity contribution in [2.24, 2.45) is 0 Å². The lowest BCUT2D eigenvalue weighted by Crippen LogP contribution is -1.93. The first kappa shape index (κ1) is 9.90. The summed E-state index contributed by atoms with van der Waals surface area (Å²) in [5.41, 5.74) is 0.835. The molecule has 0 fully saturated rings. The first-order valence-corrected chi connectivity index (χ1v) is 4.67. The van der Waals surface area contributed by atoms with Gasteiger partial charge in [-0.25, -0.2) is 0 Å². The van der Waals surface area contributed by atoms with Gasteiger partial charge in [-0.3, -0.25) is 0 Å². The van der Waals surface area contributed by atoms with Crippen LogP contribution in [0.2, 0.25) is 0 Å². The lowest BCUT2D eigenvalue weighted by molar-refractivity contribution is 0.395. The van der Waals surface area contributed by atoms with Gasteiger partial charge in [0.25, 0.3) is 0 Å². The van der Waals surface area contributed by atoms with Gasteiger partial charge in [0.1, 0.15) is 0 Å². The van der Waals surface area contributed by atoms with Crippen LogP contribution in [0.1, 0.15) is 38.2 Å². The van der Waals surface area contributed by atoms with Crippen molar-refractivity contribution in [3.63, 3.8) is 0 Å². The van der Waals surface area contributed by atoms with E-state index in [0.717, 1.165) is 18.4 Å². The molecule has 0 saturated carbocycles. The first-order chi connectivity index (χ1) is 6.16. The number of hydrogen-bond acceptors (Lipinski definition) is 2. The zero-order chi connectivity index (χ0) is 9.84. The molecule has 13 heavy (non-hydrogen) atoms. The maximum atomic E-state index is 9.54. The summed E-state index contributed by atoms with van der Waals surface area (Å²) in [5, 5.41) is 18.8. The average molecular weight is 180 g/mol. The lowest BCUT2D eigenvalue weighted by atomic mass is 9.95. The van der Waals surface area contributed by atoms with Crippen LogP contribution in [-0.4, -0.2) is 10.2 Å². The zero-order valence-corrected chi connectivity index (χ0v) is 8.12. The molecule has 0 aliphatic heterocycles. The van der Waals surface area contributed by atoms with Gasteiger partial charge in [0, 0.05) is 5.56 Å². The second-order valence-corrected chi connectivity index (χ2v) is 3.40. The second-order valence-electron chi connectivity index (χ2n) is 3.40. The normalized spacial score (nSPS) is 12.8. The fourth-order valence-electron chi connectivity index (χ4n) is 1.53. The minimum absolute atomic E-state index is 0.0274. The highest BCUT2D eigenvalue weighted by Gasteiger charge is 2.11. The largest absolute Gasteiger partial charge is 0.504 e. The molecule has 0 radical (unpaired) electrons. The summed E-state index contributed by atoms with van der Waals surface area (Å²) in [6.45, 7) is 4.16. The van der Waals surface area contributed by atoms with Gasteiger partial charge in [-0.2, -0.15) is 0 Å².